The minimum absolute atomic E-state index is 0.0284. The summed E-state index contributed by atoms with van der Waals surface area (Å²) >= 11 is 0. The second-order valence-corrected chi connectivity index (χ2v) is 9.06. The zero-order chi connectivity index (χ0) is 15.7. The molecule has 0 radical (unpaired) electrons. The van der Waals surface area contributed by atoms with Crippen molar-refractivity contribution in [2.24, 2.45) is 0 Å². The molecule has 1 aromatic rings. The predicted molar refractivity (Wildman–Crippen MR) is 79.6 cm³/mol. The normalized spacial score (nSPS) is 12.1. The second-order valence-electron chi connectivity index (χ2n) is 5.90. The second kappa shape index (κ2) is 5.44. The number of ether oxygens (including phenoxy) is 1. The molecule has 6 nitrogen and oxygen atoms in total. The number of carbonyl (C=O) groups is 1. The highest BCUT2D eigenvalue weighted by Gasteiger charge is 2.24. The Balaban J connectivity index is 3.13. The van der Waals surface area contributed by atoms with Gasteiger partial charge in [0, 0.05) is 7.05 Å². The van der Waals surface area contributed by atoms with Crippen LogP contribution in [0.4, 0.5) is 10.6 Å². The van der Waals surface area contributed by atoms with E-state index in [0.717, 1.165) is 4.90 Å². The van der Waals surface area contributed by atoms with Crippen molar-refractivity contribution in [3.8, 4) is 5.75 Å². The highest BCUT2D eigenvalue weighted by molar-refractivity contribution is 7.69. The quantitative estimate of drug-likeness (QED) is 0.848. The Kier molecular flexibility index (Phi) is 4.49. The standard InChI is InChI=1S/C13H21N2O4P/c1-13(2,3)19-12(17)15(4)11-9(16)7-8-10(14-11)20(5,6)18/h7-8,16H,1-6H3. The van der Waals surface area contributed by atoms with Gasteiger partial charge in [-0.1, -0.05) is 0 Å². The van der Waals surface area contributed by atoms with E-state index in [0.29, 0.717) is 5.44 Å². The van der Waals surface area contributed by atoms with Crippen molar-refractivity contribution in [3.05, 3.63) is 12.1 Å². The van der Waals surface area contributed by atoms with Crippen molar-refractivity contribution >= 4 is 24.5 Å². The van der Waals surface area contributed by atoms with Gasteiger partial charge in [-0.2, -0.15) is 0 Å². The van der Waals surface area contributed by atoms with Gasteiger partial charge in [0.15, 0.2) is 11.6 Å². The Bertz CT molecular complexity index is 560. The van der Waals surface area contributed by atoms with Crippen LogP contribution in [0.3, 0.4) is 0 Å². The maximum Gasteiger partial charge on any atom is 0.415 e. The number of pyridine rings is 1. The number of anilines is 1. The maximum absolute atomic E-state index is 12.0. The maximum atomic E-state index is 12.0. The van der Waals surface area contributed by atoms with Gasteiger partial charge in [0.05, 0.1) is 0 Å². The molecule has 1 N–H and O–H groups in total. The monoisotopic (exact) mass is 300 g/mol. The fourth-order valence-electron chi connectivity index (χ4n) is 1.39. The van der Waals surface area contributed by atoms with Gasteiger partial charge in [0.2, 0.25) is 0 Å². The lowest BCUT2D eigenvalue weighted by molar-refractivity contribution is 0.0587. The van der Waals surface area contributed by atoms with Gasteiger partial charge in [0.25, 0.3) is 0 Å². The molecule has 0 atom stereocenters. The molecule has 7 heteroatoms. The fraction of sp³-hybridized carbons (Fsp3) is 0.538. The molecule has 1 amide bonds. The number of rotatable bonds is 2. The molecule has 0 aliphatic heterocycles. The molecule has 0 aliphatic carbocycles. The van der Waals surface area contributed by atoms with Crippen molar-refractivity contribution in [1.29, 1.82) is 0 Å². The van der Waals surface area contributed by atoms with Crippen molar-refractivity contribution in [1.82, 2.24) is 4.98 Å². The number of carbonyl (C=O) groups excluding carboxylic acids is 1. The van der Waals surface area contributed by atoms with Crippen molar-refractivity contribution < 1.29 is 19.2 Å². The summed E-state index contributed by atoms with van der Waals surface area (Å²) in [5, 5.41) is 9.82. The largest absolute Gasteiger partial charge is 0.504 e. The lowest BCUT2D eigenvalue weighted by atomic mass is 10.2. The number of hydrogen-bond acceptors (Lipinski definition) is 5. The Hall–Kier alpha value is -1.55. The molecule has 0 saturated heterocycles. The van der Waals surface area contributed by atoms with Crippen LogP contribution in [0, 0.1) is 0 Å². The van der Waals surface area contributed by atoms with Gasteiger partial charge in [-0.05, 0) is 46.2 Å². The highest BCUT2D eigenvalue weighted by Crippen LogP contribution is 2.35. The number of nitrogens with zero attached hydrogens (tertiary/aromatic N) is 2. The first kappa shape index (κ1) is 16.5. The van der Waals surface area contributed by atoms with E-state index in [1.54, 1.807) is 34.1 Å². The molecule has 0 aliphatic rings. The van der Waals surface area contributed by atoms with Gasteiger partial charge in [0.1, 0.15) is 18.2 Å². The first-order valence-corrected chi connectivity index (χ1v) is 8.74. The van der Waals surface area contributed by atoms with E-state index in [4.69, 9.17) is 4.74 Å². The van der Waals surface area contributed by atoms with Crippen LogP contribution in [-0.4, -0.2) is 42.2 Å². The minimum atomic E-state index is -2.58. The van der Waals surface area contributed by atoms with Crippen LogP contribution in [0.5, 0.6) is 5.75 Å². The fourth-order valence-corrected chi connectivity index (χ4v) is 2.16. The molecular weight excluding hydrogens is 279 g/mol. The van der Waals surface area contributed by atoms with E-state index in [1.807, 2.05) is 0 Å². The van der Waals surface area contributed by atoms with Crippen LogP contribution in [0.25, 0.3) is 0 Å². The van der Waals surface area contributed by atoms with Crippen LogP contribution in [0.2, 0.25) is 0 Å². The lowest BCUT2D eigenvalue weighted by Crippen LogP contribution is -2.35. The van der Waals surface area contributed by atoms with Crippen molar-refractivity contribution in [2.75, 3.05) is 25.3 Å². The first-order chi connectivity index (χ1) is 8.92. The molecule has 20 heavy (non-hydrogen) atoms. The lowest BCUT2D eigenvalue weighted by Gasteiger charge is -2.24. The van der Waals surface area contributed by atoms with Crippen molar-refractivity contribution in [3.63, 3.8) is 0 Å². The molecule has 0 fully saturated rings. The Labute approximate surface area is 119 Å². The van der Waals surface area contributed by atoms with Gasteiger partial charge >= 0.3 is 6.09 Å². The van der Waals surface area contributed by atoms with E-state index in [9.17, 15) is 14.5 Å². The highest BCUT2D eigenvalue weighted by atomic mass is 31.2. The molecule has 1 aromatic heterocycles. The molecule has 0 unspecified atom stereocenters. The summed E-state index contributed by atoms with van der Waals surface area (Å²) in [4.78, 5) is 17.2. The summed E-state index contributed by atoms with van der Waals surface area (Å²) in [5.74, 6) is -0.142. The SMILES string of the molecule is CN(C(=O)OC(C)(C)C)c1nc(P(C)(C)=O)ccc1O. The number of aromatic hydroxyl groups is 1. The Morgan fingerprint density at radius 3 is 2.35 bits per heavy atom. The third kappa shape index (κ3) is 4.23. The topological polar surface area (TPSA) is 79.7 Å². The molecular formula is C13H21N2O4P. The van der Waals surface area contributed by atoms with Gasteiger partial charge < -0.3 is 14.4 Å². The molecule has 0 saturated carbocycles. The molecule has 0 spiro atoms. The first-order valence-electron chi connectivity index (χ1n) is 6.14. The smallest absolute Gasteiger partial charge is 0.415 e. The minimum Gasteiger partial charge on any atom is -0.504 e. The summed E-state index contributed by atoms with van der Waals surface area (Å²) in [7, 11) is -1.14. The van der Waals surface area contributed by atoms with E-state index in [1.165, 1.54) is 19.2 Å². The number of aromatic nitrogens is 1. The van der Waals surface area contributed by atoms with Gasteiger partial charge in [-0.3, -0.25) is 4.90 Å². The third-order valence-electron chi connectivity index (χ3n) is 2.38. The number of amides is 1. The molecule has 0 bridgehead atoms. The molecule has 112 valence electrons. The summed E-state index contributed by atoms with van der Waals surface area (Å²) < 4.78 is 17.2. The van der Waals surface area contributed by atoms with Gasteiger partial charge in [-0.25, -0.2) is 9.78 Å². The van der Waals surface area contributed by atoms with E-state index in [-0.39, 0.29) is 11.6 Å². The summed E-state index contributed by atoms with van der Waals surface area (Å²) in [6, 6.07) is 2.86. The van der Waals surface area contributed by atoms with Crippen LogP contribution in [-0.2, 0) is 9.30 Å². The summed E-state index contributed by atoms with van der Waals surface area (Å²) in [6.45, 7) is 8.38. The average molecular weight is 300 g/mol. The zero-order valence-corrected chi connectivity index (χ0v) is 13.6. The third-order valence-corrected chi connectivity index (χ3v) is 3.73. The van der Waals surface area contributed by atoms with Crippen LogP contribution >= 0.6 is 7.14 Å². The van der Waals surface area contributed by atoms with E-state index in [2.05, 4.69) is 4.98 Å². The molecule has 1 rings (SSSR count). The van der Waals surface area contributed by atoms with E-state index < -0.39 is 18.8 Å². The van der Waals surface area contributed by atoms with Crippen LogP contribution < -0.4 is 10.3 Å². The van der Waals surface area contributed by atoms with Gasteiger partial charge in [-0.15, -0.1) is 0 Å². The summed E-state index contributed by atoms with van der Waals surface area (Å²) in [6.07, 6.45) is -0.639. The Morgan fingerprint density at radius 1 is 1.35 bits per heavy atom. The average Bonchev–Trinajstić information content (AvgIpc) is 2.24. The van der Waals surface area contributed by atoms with E-state index >= 15 is 0 Å². The zero-order valence-electron chi connectivity index (χ0n) is 12.7. The number of hydrogen-bond donors (Lipinski definition) is 1. The molecule has 1 heterocycles. The predicted octanol–water partition coefficient (Wildman–Crippen LogP) is 2.41. The Morgan fingerprint density at radius 2 is 1.90 bits per heavy atom. The summed E-state index contributed by atoms with van der Waals surface area (Å²) in [5.41, 5.74) is -0.302. The van der Waals surface area contributed by atoms with Crippen LogP contribution in [0.1, 0.15) is 20.8 Å². The molecule has 0 aromatic carbocycles. The van der Waals surface area contributed by atoms with Crippen molar-refractivity contribution in [2.45, 2.75) is 26.4 Å². The van der Waals surface area contributed by atoms with Crippen LogP contribution in [0.15, 0.2) is 12.1 Å².